The van der Waals surface area contributed by atoms with Crippen LogP contribution < -0.4 is 10.5 Å². The first-order chi connectivity index (χ1) is 5.24. The Balaban J connectivity index is 2.86. The van der Waals surface area contributed by atoms with E-state index in [-0.39, 0.29) is 0 Å². The Morgan fingerprint density at radius 2 is 2.27 bits per heavy atom. The Morgan fingerprint density at radius 1 is 1.55 bits per heavy atom. The van der Waals surface area contributed by atoms with Gasteiger partial charge in [0, 0.05) is 9.26 Å². The number of hydrogen-bond donors (Lipinski definition) is 1. The summed E-state index contributed by atoms with van der Waals surface area (Å²) in [6, 6.07) is 5.66. The molecule has 0 saturated carbocycles. The van der Waals surface area contributed by atoms with Crippen LogP contribution in [0.1, 0.15) is 6.92 Å². The lowest BCUT2D eigenvalue weighted by atomic mass is 10.3. The Hall–Kier alpha value is -0.450. The second-order valence-corrected chi connectivity index (χ2v) is 3.28. The van der Waals surface area contributed by atoms with E-state index < -0.39 is 0 Å². The number of hydrogen-bond acceptors (Lipinski definition) is 2. The van der Waals surface area contributed by atoms with Crippen molar-refractivity contribution in [2.75, 3.05) is 12.3 Å². The molecule has 0 aliphatic carbocycles. The molecule has 1 aromatic rings. The molecular formula is C8H10INO. The number of nitrogen functional groups attached to an aromatic ring is 1. The van der Waals surface area contributed by atoms with E-state index in [0.29, 0.717) is 6.61 Å². The van der Waals surface area contributed by atoms with Crippen molar-refractivity contribution in [3.63, 3.8) is 0 Å². The van der Waals surface area contributed by atoms with Crippen molar-refractivity contribution >= 4 is 28.3 Å². The van der Waals surface area contributed by atoms with E-state index in [2.05, 4.69) is 22.6 Å². The lowest BCUT2D eigenvalue weighted by Crippen LogP contribution is -1.94. The van der Waals surface area contributed by atoms with Crippen LogP contribution in [0.5, 0.6) is 5.75 Å². The van der Waals surface area contributed by atoms with E-state index in [0.717, 1.165) is 15.0 Å². The molecule has 3 heteroatoms. The van der Waals surface area contributed by atoms with Gasteiger partial charge in [0.1, 0.15) is 5.75 Å². The third-order valence-corrected chi connectivity index (χ3v) is 2.22. The normalized spacial score (nSPS) is 9.64. The number of rotatable bonds is 2. The van der Waals surface area contributed by atoms with Crippen LogP contribution in [-0.4, -0.2) is 6.61 Å². The minimum atomic E-state index is 0.694. The molecule has 0 amide bonds. The summed E-state index contributed by atoms with van der Waals surface area (Å²) in [7, 11) is 0. The monoisotopic (exact) mass is 263 g/mol. The number of nitrogens with two attached hydrogens (primary N) is 1. The first kappa shape index (κ1) is 8.64. The van der Waals surface area contributed by atoms with Gasteiger partial charge in [0.05, 0.1) is 6.61 Å². The molecule has 11 heavy (non-hydrogen) atoms. The van der Waals surface area contributed by atoms with Gasteiger partial charge in [-0.25, -0.2) is 0 Å². The van der Waals surface area contributed by atoms with Crippen molar-refractivity contribution in [3.05, 3.63) is 21.8 Å². The van der Waals surface area contributed by atoms with Crippen molar-refractivity contribution < 1.29 is 4.74 Å². The van der Waals surface area contributed by atoms with Gasteiger partial charge in [-0.1, -0.05) is 0 Å². The standard InChI is InChI=1S/C8H10INO/c1-2-11-6-3-4-8(10)7(9)5-6/h3-5H,2,10H2,1H3. The average Bonchev–Trinajstić information content (AvgIpc) is 1.98. The molecule has 0 aromatic heterocycles. The molecule has 0 spiro atoms. The summed E-state index contributed by atoms with van der Waals surface area (Å²) in [6.07, 6.45) is 0. The summed E-state index contributed by atoms with van der Waals surface area (Å²) in [4.78, 5) is 0. The molecule has 0 heterocycles. The maximum Gasteiger partial charge on any atom is 0.120 e. The highest BCUT2D eigenvalue weighted by Gasteiger charge is 1.96. The first-order valence-corrected chi connectivity index (χ1v) is 4.49. The molecule has 0 fully saturated rings. The highest BCUT2D eigenvalue weighted by atomic mass is 127. The first-order valence-electron chi connectivity index (χ1n) is 3.42. The molecule has 0 aliphatic heterocycles. The van der Waals surface area contributed by atoms with Crippen molar-refractivity contribution in [1.82, 2.24) is 0 Å². The van der Waals surface area contributed by atoms with Crippen LogP contribution in [0.15, 0.2) is 18.2 Å². The molecule has 2 nitrogen and oxygen atoms in total. The van der Waals surface area contributed by atoms with Crippen LogP contribution in [0.3, 0.4) is 0 Å². The van der Waals surface area contributed by atoms with Gasteiger partial charge < -0.3 is 10.5 Å². The molecule has 1 rings (SSSR count). The van der Waals surface area contributed by atoms with Gasteiger partial charge in [-0.15, -0.1) is 0 Å². The van der Waals surface area contributed by atoms with Crippen LogP contribution in [-0.2, 0) is 0 Å². The third-order valence-electron chi connectivity index (χ3n) is 1.28. The lowest BCUT2D eigenvalue weighted by Gasteiger charge is -2.03. The summed E-state index contributed by atoms with van der Waals surface area (Å²) < 4.78 is 6.32. The number of ether oxygens (including phenoxy) is 1. The zero-order valence-electron chi connectivity index (χ0n) is 6.30. The fourth-order valence-electron chi connectivity index (χ4n) is 0.764. The molecule has 0 aliphatic rings. The van der Waals surface area contributed by atoms with Gasteiger partial charge in [-0.2, -0.15) is 0 Å². The molecule has 0 radical (unpaired) electrons. The van der Waals surface area contributed by atoms with E-state index in [4.69, 9.17) is 10.5 Å². The van der Waals surface area contributed by atoms with Crippen LogP contribution in [0.4, 0.5) is 5.69 Å². The molecule has 2 N–H and O–H groups in total. The van der Waals surface area contributed by atoms with Crippen LogP contribution in [0, 0.1) is 3.57 Å². The zero-order chi connectivity index (χ0) is 8.27. The highest BCUT2D eigenvalue weighted by molar-refractivity contribution is 14.1. The molecule has 1 aromatic carbocycles. The Bertz CT molecular complexity index is 250. The van der Waals surface area contributed by atoms with Gasteiger partial charge >= 0.3 is 0 Å². The number of halogens is 1. The van der Waals surface area contributed by atoms with Crippen LogP contribution in [0.25, 0.3) is 0 Å². The summed E-state index contributed by atoms with van der Waals surface area (Å²) in [5, 5.41) is 0. The second-order valence-electron chi connectivity index (χ2n) is 2.12. The Morgan fingerprint density at radius 3 is 2.82 bits per heavy atom. The predicted octanol–water partition coefficient (Wildman–Crippen LogP) is 2.27. The second kappa shape index (κ2) is 3.80. The van der Waals surface area contributed by atoms with E-state index in [1.165, 1.54) is 0 Å². The van der Waals surface area contributed by atoms with Crippen molar-refractivity contribution in [2.45, 2.75) is 6.92 Å². The molecule has 0 unspecified atom stereocenters. The van der Waals surface area contributed by atoms with E-state index in [1.807, 2.05) is 25.1 Å². The van der Waals surface area contributed by atoms with Crippen molar-refractivity contribution in [1.29, 1.82) is 0 Å². The largest absolute Gasteiger partial charge is 0.494 e. The Labute approximate surface area is 79.9 Å². The summed E-state index contributed by atoms with van der Waals surface area (Å²) in [5.41, 5.74) is 6.42. The van der Waals surface area contributed by atoms with Crippen LogP contribution in [0.2, 0.25) is 0 Å². The van der Waals surface area contributed by atoms with E-state index in [9.17, 15) is 0 Å². The topological polar surface area (TPSA) is 35.2 Å². The van der Waals surface area contributed by atoms with Gasteiger partial charge in [0.25, 0.3) is 0 Å². The molecule has 0 saturated heterocycles. The molecular weight excluding hydrogens is 253 g/mol. The molecule has 0 bridgehead atoms. The summed E-state index contributed by atoms with van der Waals surface area (Å²) in [5.74, 6) is 0.881. The van der Waals surface area contributed by atoms with Crippen LogP contribution >= 0.6 is 22.6 Å². The predicted molar refractivity (Wildman–Crippen MR) is 54.7 cm³/mol. The lowest BCUT2D eigenvalue weighted by molar-refractivity contribution is 0.340. The van der Waals surface area contributed by atoms with Gasteiger partial charge in [-0.3, -0.25) is 0 Å². The summed E-state index contributed by atoms with van der Waals surface area (Å²) in [6.45, 7) is 2.66. The summed E-state index contributed by atoms with van der Waals surface area (Å²) >= 11 is 2.18. The maximum atomic E-state index is 5.62. The number of benzene rings is 1. The van der Waals surface area contributed by atoms with Gasteiger partial charge in [0.15, 0.2) is 0 Å². The minimum Gasteiger partial charge on any atom is -0.494 e. The van der Waals surface area contributed by atoms with E-state index in [1.54, 1.807) is 0 Å². The zero-order valence-corrected chi connectivity index (χ0v) is 8.46. The van der Waals surface area contributed by atoms with E-state index >= 15 is 0 Å². The molecule has 0 atom stereocenters. The molecule has 60 valence electrons. The van der Waals surface area contributed by atoms with Gasteiger partial charge in [-0.05, 0) is 47.7 Å². The maximum absolute atomic E-state index is 5.62. The smallest absolute Gasteiger partial charge is 0.120 e. The van der Waals surface area contributed by atoms with Crippen molar-refractivity contribution in [2.24, 2.45) is 0 Å². The SMILES string of the molecule is CCOc1ccc(N)c(I)c1. The average molecular weight is 263 g/mol. The quantitative estimate of drug-likeness (QED) is 0.656. The van der Waals surface area contributed by atoms with Gasteiger partial charge in [0.2, 0.25) is 0 Å². The third kappa shape index (κ3) is 2.25. The minimum absolute atomic E-state index is 0.694. The van der Waals surface area contributed by atoms with Crippen molar-refractivity contribution in [3.8, 4) is 5.75 Å². The highest BCUT2D eigenvalue weighted by Crippen LogP contribution is 2.20. The fourth-order valence-corrected chi connectivity index (χ4v) is 1.25. The Kier molecular flexibility index (Phi) is 2.99. The fraction of sp³-hybridized carbons (Fsp3) is 0.250. The number of anilines is 1.